The molecular weight excluding hydrogens is 298 g/mol. The van der Waals surface area contributed by atoms with Crippen molar-refractivity contribution in [1.29, 1.82) is 0 Å². The van der Waals surface area contributed by atoms with E-state index >= 15 is 0 Å². The normalized spacial score (nSPS) is 14.8. The number of aromatic nitrogens is 1. The molecule has 0 spiro atoms. The molecule has 0 amide bonds. The molecule has 1 aliphatic carbocycles. The van der Waals surface area contributed by atoms with Gasteiger partial charge in [-0.25, -0.2) is 13.1 Å². The van der Waals surface area contributed by atoms with Crippen LogP contribution in [0.2, 0.25) is 0 Å². The van der Waals surface area contributed by atoms with Gasteiger partial charge in [0.25, 0.3) is 0 Å². The fourth-order valence-corrected chi connectivity index (χ4v) is 3.43. The molecule has 1 heterocycles. The van der Waals surface area contributed by atoms with Gasteiger partial charge in [0.15, 0.2) is 0 Å². The van der Waals surface area contributed by atoms with Crippen molar-refractivity contribution in [3.63, 3.8) is 0 Å². The van der Waals surface area contributed by atoms with Crippen molar-refractivity contribution >= 4 is 15.7 Å². The van der Waals surface area contributed by atoms with Crippen LogP contribution in [0.1, 0.15) is 24.1 Å². The van der Waals surface area contributed by atoms with Gasteiger partial charge in [-0.05, 0) is 55.7 Å². The lowest BCUT2D eigenvalue weighted by Crippen LogP contribution is -2.25. The van der Waals surface area contributed by atoms with Gasteiger partial charge in [0.2, 0.25) is 10.0 Å². The Morgan fingerprint density at radius 2 is 1.91 bits per heavy atom. The number of hydrogen-bond donors (Lipinski definition) is 2. The maximum absolute atomic E-state index is 12.1. The molecular formula is C16H19N3O2S. The summed E-state index contributed by atoms with van der Waals surface area (Å²) in [5.41, 5.74) is 2.98. The van der Waals surface area contributed by atoms with Crippen molar-refractivity contribution in [1.82, 2.24) is 9.71 Å². The van der Waals surface area contributed by atoms with Crippen LogP contribution in [-0.4, -0.2) is 19.4 Å². The highest BCUT2D eigenvalue weighted by Crippen LogP contribution is 2.23. The summed E-state index contributed by atoms with van der Waals surface area (Å²) in [5.74, 6) is 0. The van der Waals surface area contributed by atoms with Gasteiger partial charge in [-0.1, -0.05) is 6.07 Å². The van der Waals surface area contributed by atoms with E-state index in [4.69, 9.17) is 0 Å². The van der Waals surface area contributed by atoms with Gasteiger partial charge in [0.1, 0.15) is 0 Å². The molecule has 0 saturated heterocycles. The van der Waals surface area contributed by atoms with E-state index < -0.39 is 10.0 Å². The molecule has 5 nitrogen and oxygen atoms in total. The summed E-state index contributed by atoms with van der Waals surface area (Å²) in [6.45, 7) is 2.63. The molecule has 0 radical (unpaired) electrons. The van der Waals surface area contributed by atoms with Gasteiger partial charge >= 0.3 is 0 Å². The Hall–Kier alpha value is -1.92. The second kappa shape index (κ2) is 6.06. The van der Waals surface area contributed by atoms with Crippen LogP contribution in [0.5, 0.6) is 0 Å². The van der Waals surface area contributed by atoms with E-state index in [9.17, 15) is 8.42 Å². The summed E-state index contributed by atoms with van der Waals surface area (Å²) in [5, 5.41) is 3.26. The Labute approximate surface area is 130 Å². The third kappa shape index (κ3) is 3.64. The van der Waals surface area contributed by atoms with E-state index in [2.05, 4.69) is 15.0 Å². The molecule has 6 heteroatoms. The predicted octanol–water partition coefficient (Wildman–Crippen LogP) is 2.44. The number of aryl methyl sites for hydroxylation is 1. The third-order valence-electron chi connectivity index (χ3n) is 3.64. The van der Waals surface area contributed by atoms with Crippen LogP contribution in [0.15, 0.2) is 47.5 Å². The van der Waals surface area contributed by atoms with Crippen LogP contribution in [0.3, 0.4) is 0 Å². The van der Waals surface area contributed by atoms with Crippen molar-refractivity contribution in [3.05, 3.63) is 53.9 Å². The smallest absolute Gasteiger partial charge is 0.240 e. The van der Waals surface area contributed by atoms with Gasteiger partial charge < -0.3 is 5.32 Å². The minimum Gasteiger partial charge on any atom is -0.379 e. The van der Waals surface area contributed by atoms with Crippen molar-refractivity contribution in [2.75, 3.05) is 5.32 Å². The Morgan fingerprint density at radius 1 is 1.18 bits per heavy atom. The summed E-state index contributed by atoms with van der Waals surface area (Å²) < 4.78 is 26.8. The van der Waals surface area contributed by atoms with Crippen LogP contribution in [0.4, 0.5) is 5.69 Å². The van der Waals surface area contributed by atoms with E-state index in [1.807, 2.05) is 19.1 Å². The molecule has 116 valence electrons. The van der Waals surface area contributed by atoms with Crippen LogP contribution in [0, 0.1) is 6.92 Å². The zero-order chi connectivity index (χ0) is 15.6. The zero-order valence-corrected chi connectivity index (χ0v) is 13.2. The van der Waals surface area contributed by atoms with Crippen molar-refractivity contribution in [3.8, 4) is 0 Å². The van der Waals surface area contributed by atoms with Crippen molar-refractivity contribution in [2.24, 2.45) is 0 Å². The molecule has 2 N–H and O–H groups in total. The molecule has 0 unspecified atom stereocenters. The summed E-state index contributed by atoms with van der Waals surface area (Å²) >= 11 is 0. The van der Waals surface area contributed by atoms with E-state index in [1.165, 1.54) is 0 Å². The fourth-order valence-electron chi connectivity index (χ4n) is 2.13. The molecule has 1 aromatic carbocycles. The molecule has 0 bridgehead atoms. The maximum Gasteiger partial charge on any atom is 0.240 e. The number of anilines is 1. The highest BCUT2D eigenvalue weighted by molar-refractivity contribution is 7.89. The quantitative estimate of drug-likeness (QED) is 0.858. The Morgan fingerprint density at radius 3 is 2.55 bits per heavy atom. The van der Waals surface area contributed by atoms with Crippen molar-refractivity contribution in [2.45, 2.75) is 37.2 Å². The molecule has 1 saturated carbocycles. The highest BCUT2D eigenvalue weighted by atomic mass is 32.2. The fraction of sp³-hybridized carbons (Fsp3) is 0.312. The molecule has 2 aromatic rings. The van der Waals surface area contributed by atoms with Crippen LogP contribution in [0.25, 0.3) is 0 Å². The van der Waals surface area contributed by atoms with Gasteiger partial charge in [-0.15, -0.1) is 0 Å². The summed E-state index contributed by atoms with van der Waals surface area (Å²) in [4.78, 5) is 4.63. The van der Waals surface area contributed by atoms with Crippen LogP contribution in [-0.2, 0) is 16.6 Å². The third-order valence-corrected chi connectivity index (χ3v) is 5.18. The van der Waals surface area contributed by atoms with Gasteiger partial charge in [0.05, 0.1) is 17.1 Å². The molecule has 1 fully saturated rings. The van der Waals surface area contributed by atoms with Gasteiger partial charge in [0, 0.05) is 17.9 Å². The number of pyridine rings is 1. The van der Waals surface area contributed by atoms with Gasteiger partial charge in [-0.2, -0.15) is 0 Å². The van der Waals surface area contributed by atoms with Crippen LogP contribution < -0.4 is 10.0 Å². The Balaban J connectivity index is 1.65. The maximum atomic E-state index is 12.1. The Kier molecular flexibility index (Phi) is 4.13. The first-order valence-corrected chi connectivity index (χ1v) is 8.80. The summed E-state index contributed by atoms with van der Waals surface area (Å²) in [6.07, 6.45) is 3.63. The molecule has 1 aliphatic rings. The SMILES string of the molecule is Cc1cccnc1CNc1ccc(S(=O)(=O)NC2CC2)cc1. The second-order valence-corrected chi connectivity index (χ2v) is 7.25. The number of rotatable bonds is 6. The largest absolute Gasteiger partial charge is 0.379 e. The number of nitrogens with zero attached hydrogens (tertiary/aromatic N) is 1. The van der Waals surface area contributed by atoms with Gasteiger partial charge in [-0.3, -0.25) is 4.98 Å². The minimum absolute atomic E-state index is 0.120. The molecule has 0 atom stereocenters. The average molecular weight is 317 g/mol. The van der Waals surface area contributed by atoms with E-state index in [-0.39, 0.29) is 6.04 Å². The topological polar surface area (TPSA) is 71.1 Å². The number of benzene rings is 1. The summed E-state index contributed by atoms with van der Waals surface area (Å²) in [6, 6.07) is 10.8. The standard InChI is InChI=1S/C16H19N3O2S/c1-12-3-2-10-17-16(12)11-18-13-6-8-15(9-7-13)22(20,21)19-14-4-5-14/h2-3,6-10,14,18-19H,4-5,11H2,1H3. The first-order chi connectivity index (χ1) is 10.5. The zero-order valence-electron chi connectivity index (χ0n) is 12.4. The monoisotopic (exact) mass is 317 g/mol. The van der Waals surface area contributed by atoms with Crippen LogP contribution >= 0.6 is 0 Å². The minimum atomic E-state index is -3.38. The number of hydrogen-bond acceptors (Lipinski definition) is 4. The molecule has 3 rings (SSSR count). The highest BCUT2D eigenvalue weighted by Gasteiger charge is 2.27. The molecule has 0 aliphatic heterocycles. The molecule has 22 heavy (non-hydrogen) atoms. The second-order valence-electron chi connectivity index (χ2n) is 5.54. The van der Waals surface area contributed by atoms with Crippen molar-refractivity contribution < 1.29 is 8.42 Å². The predicted molar refractivity (Wildman–Crippen MR) is 86.1 cm³/mol. The Bertz CT molecular complexity index is 753. The lowest BCUT2D eigenvalue weighted by Gasteiger charge is -2.09. The summed E-state index contributed by atoms with van der Waals surface area (Å²) in [7, 11) is -3.38. The first kappa shape index (κ1) is 15.0. The lowest BCUT2D eigenvalue weighted by atomic mass is 10.2. The van der Waals surface area contributed by atoms with E-state index in [0.717, 1.165) is 29.8 Å². The molecule has 1 aromatic heterocycles. The first-order valence-electron chi connectivity index (χ1n) is 7.31. The van der Waals surface area contributed by atoms with E-state index in [0.29, 0.717) is 11.4 Å². The average Bonchev–Trinajstić information content (AvgIpc) is 3.30. The number of sulfonamides is 1. The lowest BCUT2D eigenvalue weighted by molar-refractivity contribution is 0.581. The van der Waals surface area contributed by atoms with E-state index in [1.54, 1.807) is 30.5 Å². The number of nitrogens with one attached hydrogen (secondary N) is 2.